The summed E-state index contributed by atoms with van der Waals surface area (Å²) < 4.78 is 6.11. The Morgan fingerprint density at radius 2 is 2.00 bits per heavy atom. The third kappa shape index (κ3) is 4.96. The van der Waals surface area contributed by atoms with Crippen molar-refractivity contribution in [3.8, 4) is 6.01 Å². The highest BCUT2D eigenvalue weighted by Gasteiger charge is 2.39. The molecule has 8 nitrogen and oxygen atoms in total. The lowest BCUT2D eigenvalue weighted by Gasteiger charge is -2.35. The van der Waals surface area contributed by atoms with E-state index in [2.05, 4.69) is 44.5 Å². The standard InChI is InChI=1S/C25H33N5O3/c1-17(31)30-12-5-4-8-24(30)27-23-9-11-26-25(28-23)33-20-14-21(22(32)15-20)29-13-10-18-6-2-3-7-19(18)16-29/h2-3,6-7,9,11,20-22,24,32H,4-5,8,10,12-16H2,1H3,(H,26,27,28). The zero-order valence-electron chi connectivity index (χ0n) is 19.2. The zero-order chi connectivity index (χ0) is 22.8. The van der Waals surface area contributed by atoms with Gasteiger partial charge in [-0.3, -0.25) is 9.69 Å². The smallest absolute Gasteiger partial charge is 0.318 e. The number of rotatable bonds is 5. The van der Waals surface area contributed by atoms with E-state index in [-0.39, 0.29) is 24.2 Å². The first-order valence-corrected chi connectivity index (χ1v) is 12.1. The molecule has 0 radical (unpaired) electrons. The molecule has 1 aliphatic carbocycles. The summed E-state index contributed by atoms with van der Waals surface area (Å²) in [7, 11) is 0. The highest BCUT2D eigenvalue weighted by Crippen LogP contribution is 2.31. The first kappa shape index (κ1) is 22.1. The SMILES string of the molecule is CC(=O)N1CCCCC1Nc1ccnc(OC2CC(O)C(N3CCc4ccccc4C3)C2)n1. The van der Waals surface area contributed by atoms with Crippen LogP contribution in [0.3, 0.4) is 0 Å². The predicted molar refractivity (Wildman–Crippen MR) is 125 cm³/mol. The average molecular weight is 452 g/mol. The van der Waals surface area contributed by atoms with Gasteiger partial charge in [0, 0.05) is 51.6 Å². The average Bonchev–Trinajstić information content (AvgIpc) is 3.19. The van der Waals surface area contributed by atoms with Crippen LogP contribution in [0.5, 0.6) is 6.01 Å². The number of fused-ring (bicyclic) bond motifs is 1. The monoisotopic (exact) mass is 451 g/mol. The molecule has 1 saturated carbocycles. The maximum absolute atomic E-state index is 12.0. The van der Waals surface area contributed by atoms with Crippen molar-refractivity contribution in [2.24, 2.45) is 0 Å². The minimum absolute atomic E-state index is 0.0568. The van der Waals surface area contributed by atoms with Crippen LogP contribution in [0.15, 0.2) is 36.5 Å². The van der Waals surface area contributed by atoms with E-state index in [9.17, 15) is 9.90 Å². The van der Waals surface area contributed by atoms with Gasteiger partial charge in [-0.2, -0.15) is 4.98 Å². The van der Waals surface area contributed by atoms with E-state index in [4.69, 9.17) is 4.74 Å². The summed E-state index contributed by atoms with van der Waals surface area (Å²) in [6, 6.07) is 10.8. The van der Waals surface area contributed by atoms with Crippen molar-refractivity contribution >= 4 is 11.7 Å². The second kappa shape index (κ2) is 9.65. The number of aromatic nitrogens is 2. The fourth-order valence-corrected chi connectivity index (χ4v) is 5.49. The summed E-state index contributed by atoms with van der Waals surface area (Å²) in [5.41, 5.74) is 2.76. The molecule has 3 heterocycles. The van der Waals surface area contributed by atoms with Gasteiger partial charge < -0.3 is 20.1 Å². The normalized spacial score (nSPS) is 27.8. The number of likely N-dealkylation sites (tertiary alicyclic amines) is 1. The maximum atomic E-state index is 12.0. The topological polar surface area (TPSA) is 90.8 Å². The summed E-state index contributed by atoms with van der Waals surface area (Å²) in [5, 5.41) is 14.2. The second-order valence-electron chi connectivity index (χ2n) is 9.43. The van der Waals surface area contributed by atoms with E-state index < -0.39 is 6.10 Å². The number of nitrogens with one attached hydrogen (secondary N) is 1. The second-order valence-corrected chi connectivity index (χ2v) is 9.43. The van der Waals surface area contributed by atoms with Crippen molar-refractivity contribution in [2.75, 3.05) is 18.4 Å². The largest absolute Gasteiger partial charge is 0.460 e. The summed E-state index contributed by atoms with van der Waals surface area (Å²) >= 11 is 0. The quantitative estimate of drug-likeness (QED) is 0.722. The van der Waals surface area contributed by atoms with Crippen LogP contribution >= 0.6 is 0 Å². The molecule has 0 spiro atoms. The van der Waals surface area contributed by atoms with Crippen LogP contribution in [0.25, 0.3) is 0 Å². The lowest BCUT2D eigenvalue weighted by Crippen LogP contribution is -2.47. The molecule has 4 atom stereocenters. The lowest BCUT2D eigenvalue weighted by atomic mass is 9.98. The molecular weight excluding hydrogens is 418 g/mol. The molecule has 4 unspecified atom stereocenters. The van der Waals surface area contributed by atoms with Gasteiger partial charge >= 0.3 is 6.01 Å². The first-order valence-electron chi connectivity index (χ1n) is 12.1. The molecular formula is C25H33N5O3. The number of benzene rings is 1. The molecule has 8 heteroatoms. The molecule has 3 aliphatic rings. The molecule has 176 valence electrons. The Bertz CT molecular complexity index is 986. The Morgan fingerprint density at radius 1 is 1.15 bits per heavy atom. The number of hydrogen-bond acceptors (Lipinski definition) is 7. The molecule has 2 N–H and O–H groups in total. The number of piperidine rings is 1. The Morgan fingerprint density at radius 3 is 2.85 bits per heavy atom. The third-order valence-electron chi connectivity index (χ3n) is 7.21. The Labute approximate surface area is 195 Å². The van der Waals surface area contributed by atoms with E-state index >= 15 is 0 Å². The van der Waals surface area contributed by atoms with E-state index in [1.54, 1.807) is 19.2 Å². The highest BCUT2D eigenvalue weighted by molar-refractivity contribution is 5.74. The molecule has 1 amide bonds. The van der Waals surface area contributed by atoms with Crippen molar-refractivity contribution < 1.29 is 14.6 Å². The Hall–Kier alpha value is -2.71. The van der Waals surface area contributed by atoms with Crippen LogP contribution in [0.1, 0.15) is 50.2 Å². The van der Waals surface area contributed by atoms with E-state index in [0.29, 0.717) is 18.2 Å². The molecule has 1 saturated heterocycles. The number of hydrogen-bond donors (Lipinski definition) is 2. The van der Waals surface area contributed by atoms with Crippen molar-refractivity contribution in [2.45, 2.75) is 76.4 Å². The number of anilines is 1. The van der Waals surface area contributed by atoms with Gasteiger partial charge in [0.05, 0.1) is 6.10 Å². The van der Waals surface area contributed by atoms with Crippen molar-refractivity contribution in [1.29, 1.82) is 0 Å². The predicted octanol–water partition coefficient (Wildman–Crippen LogP) is 2.58. The van der Waals surface area contributed by atoms with Gasteiger partial charge in [0.2, 0.25) is 5.91 Å². The summed E-state index contributed by atoms with van der Waals surface area (Å²) in [6.45, 7) is 4.20. The first-order chi connectivity index (χ1) is 16.1. The number of nitrogens with zero attached hydrogens (tertiary/aromatic N) is 4. The fourth-order valence-electron chi connectivity index (χ4n) is 5.49. The molecule has 0 bridgehead atoms. The van der Waals surface area contributed by atoms with Crippen molar-refractivity contribution in [3.05, 3.63) is 47.7 Å². The highest BCUT2D eigenvalue weighted by atomic mass is 16.5. The number of carbonyl (C=O) groups is 1. The van der Waals surface area contributed by atoms with E-state index in [1.807, 2.05) is 4.90 Å². The van der Waals surface area contributed by atoms with E-state index in [1.165, 1.54) is 11.1 Å². The number of aliphatic hydroxyl groups is 1. The molecule has 5 rings (SSSR count). The van der Waals surface area contributed by atoms with Gasteiger partial charge in [0.25, 0.3) is 0 Å². The van der Waals surface area contributed by atoms with E-state index in [0.717, 1.165) is 51.7 Å². The third-order valence-corrected chi connectivity index (χ3v) is 7.21. The summed E-state index contributed by atoms with van der Waals surface area (Å²) in [4.78, 5) is 25.0. The van der Waals surface area contributed by atoms with Gasteiger partial charge in [-0.05, 0) is 42.9 Å². The van der Waals surface area contributed by atoms with Gasteiger partial charge in [-0.15, -0.1) is 0 Å². The van der Waals surface area contributed by atoms with Crippen LogP contribution in [0, 0.1) is 0 Å². The fraction of sp³-hybridized carbons (Fsp3) is 0.560. The lowest BCUT2D eigenvalue weighted by molar-refractivity contribution is -0.131. The Balaban J connectivity index is 1.20. The van der Waals surface area contributed by atoms with Crippen LogP contribution in [0.4, 0.5) is 5.82 Å². The van der Waals surface area contributed by atoms with Crippen molar-refractivity contribution in [1.82, 2.24) is 19.8 Å². The maximum Gasteiger partial charge on any atom is 0.318 e. The molecule has 33 heavy (non-hydrogen) atoms. The summed E-state index contributed by atoms with van der Waals surface area (Å²) in [5.74, 6) is 0.727. The minimum Gasteiger partial charge on any atom is -0.460 e. The zero-order valence-corrected chi connectivity index (χ0v) is 19.2. The number of carbonyl (C=O) groups excluding carboxylic acids is 1. The van der Waals surface area contributed by atoms with Gasteiger partial charge in [-0.1, -0.05) is 24.3 Å². The van der Waals surface area contributed by atoms with Gasteiger partial charge in [0.1, 0.15) is 18.1 Å². The molecule has 1 aromatic heterocycles. The van der Waals surface area contributed by atoms with Crippen LogP contribution < -0.4 is 10.1 Å². The van der Waals surface area contributed by atoms with Crippen LogP contribution in [-0.2, 0) is 17.8 Å². The van der Waals surface area contributed by atoms with Crippen molar-refractivity contribution in [3.63, 3.8) is 0 Å². The Kier molecular flexibility index (Phi) is 6.46. The van der Waals surface area contributed by atoms with Crippen LogP contribution in [-0.4, -0.2) is 68.3 Å². The number of amides is 1. The molecule has 2 fully saturated rings. The minimum atomic E-state index is -0.423. The van der Waals surface area contributed by atoms with Crippen LogP contribution in [0.2, 0.25) is 0 Å². The molecule has 1 aromatic carbocycles. The number of ether oxygens (including phenoxy) is 1. The number of aliphatic hydroxyl groups excluding tert-OH is 1. The van der Waals surface area contributed by atoms with Gasteiger partial charge in [0.15, 0.2) is 0 Å². The molecule has 2 aromatic rings. The molecule has 2 aliphatic heterocycles. The summed E-state index contributed by atoms with van der Waals surface area (Å²) in [6.07, 6.45) is 6.43. The van der Waals surface area contributed by atoms with Gasteiger partial charge in [-0.25, -0.2) is 4.98 Å².